The van der Waals surface area contributed by atoms with Crippen LogP contribution in [-0.2, 0) is 0 Å². The van der Waals surface area contributed by atoms with Crippen LogP contribution in [-0.4, -0.2) is 7.05 Å². The van der Waals surface area contributed by atoms with E-state index in [1.165, 1.54) is 6.42 Å². The Bertz CT molecular complexity index is 272. The van der Waals surface area contributed by atoms with Gasteiger partial charge < -0.3 is 9.73 Å². The highest BCUT2D eigenvalue weighted by atomic mass is 35.5. The molecule has 1 N–H and O–H groups in total. The van der Waals surface area contributed by atoms with Gasteiger partial charge >= 0.3 is 0 Å². The maximum absolute atomic E-state index is 5.74. The van der Waals surface area contributed by atoms with Crippen LogP contribution in [0.4, 0.5) is 0 Å². The maximum atomic E-state index is 5.74. The summed E-state index contributed by atoms with van der Waals surface area (Å²) in [6.07, 6.45) is 2.27. The van der Waals surface area contributed by atoms with E-state index in [-0.39, 0.29) is 6.04 Å². The molecule has 1 rings (SSSR count). The molecule has 1 aromatic heterocycles. The van der Waals surface area contributed by atoms with Crippen molar-refractivity contribution in [3.8, 4) is 0 Å². The van der Waals surface area contributed by atoms with Gasteiger partial charge in [-0.3, -0.25) is 0 Å². The fourth-order valence-corrected chi connectivity index (χ4v) is 1.61. The fraction of sp³-hybridized carbons (Fsp3) is 0.636. The number of halogens is 1. The fourth-order valence-electron chi connectivity index (χ4n) is 1.46. The predicted octanol–water partition coefficient (Wildman–Crippen LogP) is 3.63. The monoisotopic (exact) mass is 215 g/mol. The summed E-state index contributed by atoms with van der Waals surface area (Å²) in [5.41, 5.74) is 0. The van der Waals surface area contributed by atoms with Crippen molar-refractivity contribution in [3.63, 3.8) is 0 Å². The predicted molar refractivity (Wildman–Crippen MR) is 59.6 cm³/mol. The Morgan fingerprint density at radius 2 is 2.21 bits per heavy atom. The van der Waals surface area contributed by atoms with Crippen molar-refractivity contribution < 1.29 is 4.42 Å². The molecular formula is C11H18ClNO. The Morgan fingerprint density at radius 1 is 1.50 bits per heavy atom. The van der Waals surface area contributed by atoms with E-state index >= 15 is 0 Å². The van der Waals surface area contributed by atoms with Crippen LogP contribution in [0.15, 0.2) is 16.5 Å². The van der Waals surface area contributed by atoms with Gasteiger partial charge in [-0.25, -0.2) is 0 Å². The zero-order valence-corrected chi connectivity index (χ0v) is 9.77. The smallest absolute Gasteiger partial charge is 0.193 e. The van der Waals surface area contributed by atoms with E-state index in [2.05, 4.69) is 19.2 Å². The topological polar surface area (TPSA) is 25.2 Å². The van der Waals surface area contributed by atoms with Gasteiger partial charge in [-0.05, 0) is 43.1 Å². The number of hydrogen-bond donors (Lipinski definition) is 1. The summed E-state index contributed by atoms with van der Waals surface area (Å²) in [7, 11) is 1.95. The molecule has 3 heteroatoms. The van der Waals surface area contributed by atoms with Crippen LogP contribution in [0, 0.1) is 5.92 Å². The molecule has 1 aromatic rings. The average molecular weight is 216 g/mol. The van der Waals surface area contributed by atoms with E-state index < -0.39 is 0 Å². The van der Waals surface area contributed by atoms with Gasteiger partial charge in [0.05, 0.1) is 6.04 Å². The summed E-state index contributed by atoms with van der Waals surface area (Å²) in [4.78, 5) is 0. The van der Waals surface area contributed by atoms with E-state index in [1.54, 1.807) is 6.07 Å². The van der Waals surface area contributed by atoms with Crippen molar-refractivity contribution in [1.82, 2.24) is 5.32 Å². The van der Waals surface area contributed by atoms with Gasteiger partial charge in [0.1, 0.15) is 5.76 Å². The van der Waals surface area contributed by atoms with Crippen molar-refractivity contribution in [3.05, 3.63) is 23.1 Å². The third-order valence-corrected chi connectivity index (χ3v) is 2.82. The molecular weight excluding hydrogens is 198 g/mol. The molecule has 0 aromatic carbocycles. The average Bonchev–Trinajstić information content (AvgIpc) is 2.60. The molecule has 1 heterocycles. The Balaban J connectivity index is 2.62. The molecule has 2 unspecified atom stereocenters. The third-order valence-electron chi connectivity index (χ3n) is 2.62. The lowest BCUT2D eigenvalue weighted by molar-refractivity contribution is 0.362. The number of furan rings is 1. The van der Waals surface area contributed by atoms with E-state index in [9.17, 15) is 0 Å². The molecule has 0 bridgehead atoms. The second-order valence-corrected chi connectivity index (χ2v) is 4.10. The van der Waals surface area contributed by atoms with Gasteiger partial charge in [0.2, 0.25) is 0 Å². The lowest BCUT2D eigenvalue weighted by Crippen LogP contribution is -2.18. The number of hydrogen-bond acceptors (Lipinski definition) is 2. The lowest BCUT2D eigenvalue weighted by Gasteiger charge is -2.17. The van der Waals surface area contributed by atoms with Gasteiger partial charge in [-0.1, -0.05) is 20.3 Å². The molecule has 0 saturated carbocycles. The summed E-state index contributed by atoms with van der Waals surface area (Å²) >= 11 is 5.74. The van der Waals surface area contributed by atoms with Crippen LogP contribution in [0.2, 0.25) is 5.22 Å². The zero-order valence-electron chi connectivity index (χ0n) is 9.01. The van der Waals surface area contributed by atoms with Gasteiger partial charge in [0, 0.05) is 0 Å². The molecule has 80 valence electrons. The second-order valence-electron chi connectivity index (χ2n) is 3.73. The summed E-state index contributed by atoms with van der Waals surface area (Å²) in [5, 5.41) is 3.71. The largest absolute Gasteiger partial charge is 0.448 e. The van der Waals surface area contributed by atoms with Crippen LogP contribution in [0.25, 0.3) is 0 Å². The second kappa shape index (κ2) is 5.42. The van der Waals surface area contributed by atoms with Crippen LogP contribution in [0.3, 0.4) is 0 Å². The molecule has 0 spiro atoms. The Labute approximate surface area is 90.6 Å². The number of nitrogens with one attached hydrogen (secondary N) is 1. The molecule has 0 radical (unpaired) electrons. The Morgan fingerprint density at radius 3 is 2.64 bits per heavy atom. The van der Waals surface area contributed by atoms with E-state index in [0.717, 1.165) is 12.2 Å². The van der Waals surface area contributed by atoms with Gasteiger partial charge in [-0.2, -0.15) is 0 Å². The lowest BCUT2D eigenvalue weighted by atomic mass is 9.98. The van der Waals surface area contributed by atoms with Crippen molar-refractivity contribution in [2.75, 3.05) is 7.05 Å². The first-order valence-corrected chi connectivity index (χ1v) is 5.47. The molecule has 14 heavy (non-hydrogen) atoms. The summed E-state index contributed by atoms with van der Waals surface area (Å²) in [6, 6.07) is 4.00. The molecule has 0 aliphatic heterocycles. The standard InChI is InChI=1S/C11H18ClNO/c1-4-8(2)7-9(13-3)10-5-6-11(12)14-10/h5-6,8-9,13H,4,7H2,1-3H3. The van der Waals surface area contributed by atoms with Crippen molar-refractivity contribution in [2.24, 2.45) is 5.92 Å². The van der Waals surface area contributed by atoms with Crippen LogP contribution in [0.1, 0.15) is 38.5 Å². The first-order valence-electron chi connectivity index (χ1n) is 5.09. The van der Waals surface area contributed by atoms with Crippen molar-refractivity contribution in [1.29, 1.82) is 0 Å². The van der Waals surface area contributed by atoms with E-state index in [0.29, 0.717) is 11.1 Å². The van der Waals surface area contributed by atoms with Gasteiger partial charge in [0.15, 0.2) is 5.22 Å². The Hall–Kier alpha value is -0.470. The van der Waals surface area contributed by atoms with Gasteiger partial charge in [-0.15, -0.1) is 0 Å². The minimum atomic E-state index is 0.275. The van der Waals surface area contributed by atoms with Crippen LogP contribution >= 0.6 is 11.6 Å². The van der Waals surface area contributed by atoms with Crippen molar-refractivity contribution >= 4 is 11.6 Å². The first kappa shape index (κ1) is 11.6. The molecule has 0 saturated heterocycles. The SMILES string of the molecule is CCC(C)CC(NC)c1ccc(Cl)o1. The molecule has 0 fully saturated rings. The molecule has 2 atom stereocenters. The summed E-state index contributed by atoms with van der Waals surface area (Å²) in [6.45, 7) is 4.45. The highest BCUT2D eigenvalue weighted by Crippen LogP contribution is 2.25. The van der Waals surface area contributed by atoms with Crippen LogP contribution in [0.5, 0.6) is 0 Å². The number of rotatable bonds is 5. The zero-order chi connectivity index (χ0) is 10.6. The van der Waals surface area contributed by atoms with Crippen LogP contribution < -0.4 is 5.32 Å². The minimum absolute atomic E-state index is 0.275. The molecule has 0 aliphatic rings. The maximum Gasteiger partial charge on any atom is 0.193 e. The molecule has 0 aliphatic carbocycles. The Kier molecular flexibility index (Phi) is 4.49. The van der Waals surface area contributed by atoms with Gasteiger partial charge in [0.25, 0.3) is 0 Å². The summed E-state index contributed by atoms with van der Waals surface area (Å²) < 4.78 is 5.38. The van der Waals surface area contributed by atoms with E-state index in [1.807, 2.05) is 13.1 Å². The molecule has 2 nitrogen and oxygen atoms in total. The van der Waals surface area contributed by atoms with Crippen molar-refractivity contribution in [2.45, 2.75) is 32.7 Å². The third kappa shape index (κ3) is 3.03. The highest BCUT2D eigenvalue weighted by Gasteiger charge is 2.15. The molecule has 0 amide bonds. The normalized spacial score (nSPS) is 15.4. The quantitative estimate of drug-likeness (QED) is 0.812. The highest BCUT2D eigenvalue weighted by molar-refractivity contribution is 6.28. The first-order chi connectivity index (χ1) is 6.67. The van der Waals surface area contributed by atoms with E-state index in [4.69, 9.17) is 16.0 Å². The summed E-state index contributed by atoms with van der Waals surface area (Å²) in [5.74, 6) is 1.62. The minimum Gasteiger partial charge on any atom is -0.448 e.